The summed E-state index contributed by atoms with van der Waals surface area (Å²) in [5.41, 5.74) is 1.11. The van der Waals surface area contributed by atoms with Crippen molar-refractivity contribution < 1.29 is 57.3 Å². The summed E-state index contributed by atoms with van der Waals surface area (Å²) in [5, 5.41) is 56.9. The number of fused-ring (bicyclic) bond motifs is 3. The molecule has 0 aromatic heterocycles. The number of ketones is 2. The Morgan fingerprint density at radius 2 is 1.76 bits per heavy atom. The van der Waals surface area contributed by atoms with Crippen LogP contribution in [0.5, 0.6) is 5.75 Å². The first-order valence-corrected chi connectivity index (χ1v) is 15.1. The number of nitro groups is 1. The van der Waals surface area contributed by atoms with E-state index in [9.17, 15) is 44.9 Å². The SMILES string of the molecule is CCCN(c1cc([N+](=O)[O-])c(O)c2c1CC1CC3[C@H](N(C)C)C(=O)C(C(N)=O)=C(O)[C@@]3(O)C(=O)C1=C2O)C(C)C.O=S(=O)(O)O. The number of rotatable bonds is 7. The van der Waals surface area contributed by atoms with Crippen LogP contribution in [0.1, 0.15) is 44.7 Å². The number of nitrogens with zero attached hydrogens (tertiary/aromatic N) is 3. The van der Waals surface area contributed by atoms with E-state index < -0.39 is 84.8 Å². The van der Waals surface area contributed by atoms with Gasteiger partial charge in [0, 0.05) is 35.8 Å². The molecule has 8 N–H and O–H groups in total. The number of hydrogen-bond donors (Lipinski definition) is 7. The number of carbonyl (C=O) groups excluding carboxylic acids is 3. The van der Waals surface area contributed by atoms with Crippen molar-refractivity contribution in [3.63, 3.8) is 0 Å². The summed E-state index contributed by atoms with van der Waals surface area (Å²) in [6, 6.07) is -0.0552. The van der Waals surface area contributed by atoms with Gasteiger partial charge >= 0.3 is 16.1 Å². The van der Waals surface area contributed by atoms with E-state index in [0.717, 1.165) is 0 Å². The summed E-state index contributed by atoms with van der Waals surface area (Å²) in [5.74, 6) is -8.12. The van der Waals surface area contributed by atoms with Crippen molar-refractivity contribution in [2.24, 2.45) is 17.6 Å². The molecule has 4 atom stereocenters. The number of aliphatic hydroxyl groups is 3. The predicted octanol–water partition coefficient (Wildman–Crippen LogP) is 0.844. The predicted molar refractivity (Wildman–Crippen MR) is 158 cm³/mol. The number of phenols is 1. The average Bonchev–Trinajstić information content (AvgIpc) is 2.88. The Bertz CT molecular complexity index is 1620. The number of benzene rings is 1. The molecule has 0 radical (unpaired) electrons. The van der Waals surface area contributed by atoms with Crippen LogP contribution in [0.25, 0.3) is 5.76 Å². The van der Waals surface area contributed by atoms with E-state index in [2.05, 4.69) is 0 Å². The van der Waals surface area contributed by atoms with Crippen LogP contribution < -0.4 is 10.6 Å². The van der Waals surface area contributed by atoms with E-state index in [0.29, 0.717) is 24.2 Å². The molecule has 0 aliphatic heterocycles. The van der Waals surface area contributed by atoms with Gasteiger partial charge in [-0.3, -0.25) is 38.5 Å². The lowest BCUT2D eigenvalue weighted by Crippen LogP contribution is -2.65. The van der Waals surface area contributed by atoms with E-state index >= 15 is 0 Å². The molecule has 0 saturated heterocycles. The lowest BCUT2D eigenvalue weighted by atomic mass is 9.57. The third-order valence-electron chi connectivity index (χ3n) is 8.27. The number of nitro benzene ring substituents is 1. The molecule has 17 nitrogen and oxygen atoms in total. The number of carbonyl (C=O) groups is 3. The molecule has 0 heterocycles. The van der Waals surface area contributed by atoms with Gasteiger partial charge in [-0.25, -0.2) is 0 Å². The van der Waals surface area contributed by atoms with E-state index in [1.165, 1.54) is 25.1 Å². The number of aromatic hydroxyl groups is 1. The molecule has 4 rings (SSSR count). The fourth-order valence-electron chi connectivity index (χ4n) is 6.57. The summed E-state index contributed by atoms with van der Waals surface area (Å²) >= 11 is 0. The fourth-order valence-corrected chi connectivity index (χ4v) is 6.57. The van der Waals surface area contributed by atoms with Crippen LogP contribution in [-0.4, -0.2) is 104 Å². The first-order chi connectivity index (χ1) is 20.6. The molecule has 18 heteroatoms. The highest BCUT2D eigenvalue weighted by Crippen LogP contribution is 2.55. The van der Waals surface area contributed by atoms with Crippen molar-refractivity contribution in [1.29, 1.82) is 0 Å². The minimum absolute atomic E-state index is 0.0440. The van der Waals surface area contributed by atoms with Crippen LogP contribution in [0.15, 0.2) is 23.0 Å². The Labute approximate surface area is 258 Å². The van der Waals surface area contributed by atoms with Crippen LogP contribution >= 0.6 is 0 Å². The molecule has 1 aromatic carbocycles. The molecule has 3 aliphatic rings. The number of Topliss-reactive ketones (excluding diaryl/α,β-unsaturated/α-hetero) is 2. The Hall–Kier alpha value is -4.10. The van der Waals surface area contributed by atoms with E-state index in [1.54, 1.807) is 0 Å². The largest absolute Gasteiger partial charge is 0.508 e. The number of hydrogen-bond acceptors (Lipinski definition) is 13. The molecule has 1 fully saturated rings. The second kappa shape index (κ2) is 12.4. The second-order valence-corrected chi connectivity index (χ2v) is 12.5. The molecule has 1 aromatic rings. The number of nitrogens with two attached hydrogens (primary N) is 1. The zero-order valence-corrected chi connectivity index (χ0v) is 25.9. The molecule has 2 unspecified atom stereocenters. The third-order valence-corrected chi connectivity index (χ3v) is 8.27. The van der Waals surface area contributed by atoms with Crippen molar-refractivity contribution in [2.75, 3.05) is 25.5 Å². The summed E-state index contributed by atoms with van der Waals surface area (Å²) < 4.78 is 31.6. The minimum Gasteiger partial charge on any atom is -0.508 e. The Balaban J connectivity index is 0.00000102. The highest BCUT2D eigenvalue weighted by molar-refractivity contribution is 7.79. The topological polar surface area (TPSA) is 282 Å². The molecule has 248 valence electrons. The maximum atomic E-state index is 14.0. The van der Waals surface area contributed by atoms with Gasteiger partial charge in [0.2, 0.25) is 11.5 Å². The first kappa shape index (κ1) is 35.4. The maximum Gasteiger partial charge on any atom is 0.394 e. The zero-order valence-electron chi connectivity index (χ0n) is 25.1. The van der Waals surface area contributed by atoms with Gasteiger partial charge in [-0.05, 0) is 58.7 Å². The molecule has 45 heavy (non-hydrogen) atoms. The molecule has 1 saturated carbocycles. The second-order valence-electron chi connectivity index (χ2n) is 11.6. The normalized spacial score (nSPS) is 24.5. The van der Waals surface area contributed by atoms with Gasteiger partial charge in [-0.2, -0.15) is 8.42 Å². The number of phenolic OH excluding ortho intramolecular Hbond substituents is 1. The van der Waals surface area contributed by atoms with E-state index in [-0.39, 0.29) is 30.0 Å². The zero-order chi connectivity index (χ0) is 34.5. The smallest absolute Gasteiger partial charge is 0.394 e. The summed E-state index contributed by atoms with van der Waals surface area (Å²) in [4.78, 5) is 53.7. The van der Waals surface area contributed by atoms with Gasteiger partial charge in [0.15, 0.2) is 11.4 Å². The maximum absolute atomic E-state index is 14.0. The Morgan fingerprint density at radius 3 is 2.20 bits per heavy atom. The van der Waals surface area contributed by atoms with Crippen molar-refractivity contribution >= 4 is 45.0 Å². The number of amides is 1. The lowest BCUT2D eigenvalue weighted by molar-refractivity contribution is -0.385. The fraction of sp³-hybridized carbons (Fsp3) is 0.519. The third kappa shape index (κ3) is 6.10. The Morgan fingerprint density at radius 1 is 1.20 bits per heavy atom. The van der Waals surface area contributed by atoms with Crippen molar-refractivity contribution in [3.8, 4) is 5.75 Å². The molecule has 3 aliphatic carbocycles. The standard InChI is InChI=1S/C27H34N4O9.H2O4S/c1-6-7-30(11(2)3)15-10-16(31(39)40)21(32)18-13(15)8-12-9-14-20(29(4)5)23(34)19(26(28)37)25(36)27(14,38)24(35)17(12)22(18)33;1-5(2,3)4/h10-12,14,20,32-33,36,38H,6-9H2,1-5H3,(H2,28,37);(H2,1,2,3,4)/t12?,14?,20-,27-;/m0./s1. The van der Waals surface area contributed by atoms with E-state index in [4.69, 9.17) is 23.3 Å². The van der Waals surface area contributed by atoms with Gasteiger partial charge in [-0.1, -0.05) is 6.92 Å². The average molecular weight is 657 g/mol. The number of likely N-dealkylation sites (N-methyl/N-ethyl adjacent to an activating group) is 1. The van der Waals surface area contributed by atoms with E-state index in [1.807, 2.05) is 25.7 Å². The quantitative estimate of drug-likeness (QED) is 0.0926. The summed E-state index contributed by atoms with van der Waals surface area (Å²) in [6.45, 7) is 6.25. The van der Waals surface area contributed by atoms with Crippen molar-refractivity contribution in [3.05, 3.63) is 44.2 Å². The highest BCUT2D eigenvalue weighted by Gasteiger charge is 2.64. The monoisotopic (exact) mass is 656 g/mol. The van der Waals surface area contributed by atoms with Crippen molar-refractivity contribution in [2.45, 2.75) is 57.7 Å². The number of primary amides is 1. The lowest BCUT2D eigenvalue weighted by Gasteiger charge is -2.50. The first-order valence-electron chi connectivity index (χ1n) is 13.8. The highest BCUT2D eigenvalue weighted by atomic mass is 32.3. The van der Waals surface area contributed by atoms with Crippen LogP contribution in [-0.2, 0) is 31.2 Å². The van der Waals surface area contributed by atoms with Gasteiger partial charge in [0.05, 0.1) is 16.5 Å². The molecule has 0 spiro atoms. The number of anilines is 1. The summed E-state index contributed by atoms with van der Waals surface area (Å²) in [7, 11) is -1.62. The van der Waals surface area contributed by atoms with Gasteiger partial charge < -0.3 is 31.1 Å². The Kier molecular flexibility index (Phi) is 9.72. The van der Waals surface area contributed by atoms with Gasteiger partial charge in [0.25, 0.3) is 5.91 Å². The van der Waals surface area contributed by atoms with Crippen LogP contribution in [0.4, 0.5) is 11.4 Å². The molecular weight excluding hydrogens is 620 g/mol. The van der Waals surface area contributed by atoms with Crippen LogP contribution in [0.2, 0.25) is 0 Å². The van der Waals surface area contributed by atoms with Crippen LogP contribution in [0, 0.1) is 22.0 Å². The van der Waals surface area contributed by atoms with Gasteiger partial charge in [-0.15, -0.1) is 0 Å². The number of aliphatic hydroxyl groups excluding tert-OH is 2. The van der Waals surface area contributed by atoms with Crippen molar-refractivity contribution in [1.82, 2.24) is 4.90 Å². The van der Waals surface area contributed by atoms with Crippen LogP contribution in [0.3, 0.4) is 0 Å². The summed E-state index contributed by atoms with van der Waals surface area (Å²) in [6.07, 6.45) is 0.674. The molecule has 0 bridgehead atoms. The minimum atomic E-state index is -4.67. The van der Waals surface area contributed by atoms with Gasteiger partial charge in [0.1, 0.15) is 17.1 Å². The molecule has 1 amide bonds. The molecular formula is C27H36N4O13S.